The number of hydrogen-bond acceptors (Lipinski definition) is 5. The molecule has 0 saturated carbocycles. The largest absolute Gasteiger partial charge is 0.376 e. The summed E-state index contributed by atoms with van der Waals surface area (Å²) in [4.78, 5) is 15.9. The summed E-state index contributed by atoms with van der Waals surface area (Å²) < 4.78 is 30.4. The molecule has 1 aromatic heterocycles. The fraction of sp³-hybridized carbons (Fsp3) is 0.571. The van der Waals surface area contributed by atoms with Gasteiger partial charge in [-0.2, -0.15) is 4.31 Å². The van der Waals surface area contributed by atoms with E-state index in [0.717, 1.165) is 0 Å². The molecule has 1 aromatic rings. The zero-order chi connectivity index (χ0) is 15.7. The minimum atomic E-state index is -3.18. The van der Waals surface area contributed by atoms with Crippen molar-refractivity contribution in [3.63, 3.8) is 0 Å². The lowest BCUT2D eigenvalue weighted by Crippen LogP contribution is -2.35. The zero-order valence-corrected chi connectivity index (χ0v) is 13.1. The molecule has 0 unspecified atom stereocenters. The Morgan fingerprint density at radius 2 is 2.32 bits per heavy atom. The molecule has 0 aromatic carbocycles. The number of hydrogen-bond donors (Lipinski definition) is 1. The standard InChI is InChI=1S/C14H19N3O4S/c1-22(19,20)17-7-12-11(9-21-13(12)8-17)6-16-14(18)10-3-2-4-15-5-10/h2-5,11-13H,6-9H2,1H3,(H,16,18)/t11-,12-,13-/m1/s1. The molecule has 120 valence electrons. The van der Waals surface area contributed by atoms with Crippen LogP contribution >= 0.6 is 0 Å². The quantitative estimate of drug-likeness (QED) is 0.822. The van der Waals surface area contributed by atoms with Crippen molar-refractivity contribution < 1.29 is 17.9 Å². The minimum absolute atomic E-state index is 0.0602. The zero-order valence-electron chi connectivity index (χ0n) is 12.3. The number of carbonyl (C=O) groups is 1. The summed E-state index contributed by atoms with van der Waals surface area (Å²) in [6, 6.07) is 3.42. The molecule has 0 spiro atoms. The fourth-order valence-corrected chi connectivity index (χ4v) is 3.93. The first-order chi connectivity index (χ1) is 10.4. The second-order valence-electron chi connectivity index (χ2n) is 5.83. The normalized spacial score (nSPS) is 28.5. The van der Waals surface area contributed by atoms with Gasteiger partial charge in [-0.1, -0.05) is 0 Å². The maximum atomic E-state index is 12.0. The summed E-state index contributed by atoms with van der Waals surface area (Å²) in [5.74, 6) is 0.107. The molecule has 3 rings (SSSR count). The van der Waals surface area contributed by atoms with E-state index in [0.29, 0.717) is 31.8 Å². The molecule has 3 atom stereocenters. The van der Waals surface area contributed by atoms with Crippen LogP contribution in [0.15, 0.2) is 24.5 Å². The Balaban J connectivity index is 1.57. The van der Waals surface area contributed by atoms with Crippen LogP contribution in [0.5, 0.6) is 0 Å². The summed E-state index contributed by atoms with van der Waals surface area (Å²) in [5.41, 5.74) is 0.516. The smallest absolute Gasteiger partial charge is 0.252 e. The molecular formula is C14H19N3O4S. The van der Waals surface area contributed by atoms with Crippen molar-refractivity contribution in [1.82, 2.24) is 14.6 Å². The Bertz CT molecular complexity index is 649. The molecule has 22 heavy (non-hydrogen) atoms. The van der Waals surface area contributed by atoms with Gasteiger partial charge in [0.25, 0.3) is 5.91 Å². The van der Waals surface area contributed by atoms with Crippen molar-refractivity contribution in [1.29, 1.82) is 0 Å². The van der Waals surface area contributed by atoms with E-state index >= 15 is 0 Å². The van der Waals surface area contributed by atoms with E-state index in [2.05, 4.69) is 10.3 Å². The third kappa shape index (κ3) is 3.13. The van der Waals surface area contributed by atoms with Crippen LogP contribution in [0.1, 0.15) is 10.4 Å². The third-order valence-corrected chi connectivity index (χ3v) is 5.56. The molecule has 2 aliphatic rings. The van der Waals surface area contributed by atoms with Gasteiger partial charge in [0.15, 0.2) is 0 Å². The van der Waals surface area contributed by atoms with Gasteiger partial charge in [-0.3, -0.25) is 9.78 Å². The monoisotopic (exact) mass is 325 g/mol. The van der Waals surface area contributed by atoms with Crippen LogP contribution < -0.4 is 5.32 Å². The minimum Gasteiger partial charge on any atom is -0.376 e. The van der Waals surface area contributed by atoms with Crippen LogP contribution in [-0.2, 0) is 14.8 Å². The number of sulfonamides is 1. The van der Waals surface area contributed by atoms with Crippen LogP contribution in [0.3, 0.4) is 0 Å². The molecule has 1 N–H and O–H groups in total. The van der Waals surface area contributed by atoms with Gasteiger partial charge in [-0.15, -0.1) is 0 Å². The number of rotatable bonds is 4. The molecule has 2 saturated heterocycles. The number of amides is 1. The Morgan fingerprint density at radius 3 is 3.00 bits per heavy atom. The second-order valence-corrected chi connectivity index (χ2v) is 7.81. The summed E-state index contributed by atoms with van der Waals surface area (Å²) >= 11 is 0. The molecule has 1 amide bonds. The molecule has 3 heterocycles. The summed E-state index contributed by atoms with van der Waals surface area (Å²) in [7, 11) is -3.18. The van der Waals surface area contributed by atoms with Crippen molar-refractivity contribution >= 4 is 15.9 Å². The highest BCUT2D eigenvalue weighted by atomic mass is 32.2. The molecule has 0 radical (unpaired) electrons. The van der Waals surface area contributed by atoms with Crippen LogP contribution in [-0.4, -0.2) is 62.2 Å². The van der Waals surface area contributed by atoms with E-state index in [9.17, 15) is 13.2 Å². The SMILES string of the molecule is CS(=O)(=O)N1C[C@@H]2[C@H](CNC(=O)c3cccnc3)CO[C@@H]2C1. The summed E-state index contributed by atoms with van der Waals surface area (Å²) in [6.07, 6.45) is 4.29. The van der Waals surface area contributed by atoms with Crippen LogP contribution in [0, 0.1) is 11.8 Å². The van der Waals surface area contributed by atoms with E-state index in [1.807, 2.05) is 0 Å². The summed E-state index contributed by atoms with van der Waals surface area (Å²) in [5, 5.41) is 2.88. The number of nitrogens with one attached hydrogen (secondary N) is 1. The van der Waals surface area contributed by atoms with Gasteiger partial charge in [-0.05, 0) is 12.1 Å². The number of carbonyl (C=O) groups excluding carboxylic acids is 1. The average Bonchev–Trinajstić information content (AvgIpc) is 3.06. The third-order valence-electron chi connectivity index (χ3n) is 4.32. The van der Waals surface area contributed by atoms with Crippen molar-refractivity contribution in [2.24, 2.45) is 11.8 Å². The average molecular weight is 325 g/mol. The van der Waals surface area contributed by atoms with Crippen LogP contribution in [0.4, 0.5) is 0 Å². The van der Waals surface area contributed by atoms with Crippen molar-refractivity contribution in [2.75, 3.05) is 32.5 Å². The van der Waals surface area contributed by atoms with Crippen LogP contribution in [0.25, 0.3) is 0 Å². The lowest BCUT2D eigenvalue weighted by molar-refractivity contribution is 0.0932. The Morgan fingerprint density at radius 1 is 1.50 bits per heavy atom. The number of ether oxygens (including phenoxy) is 1. The molecule has 2 aliphatic heterocycles. The molecule has 2 fully saturated rings. The van der Waals surface area contributed by atoms with Gasteiger partial charge in [0.05, 0.1) is 24.5 Å². The molecule has 8 heteroatoms. The van der Waals surface area contributed by atoms with Gasteiger partial charge in [0, 0.05) is 43.9 Å². The number of nitrogens with zero attached hydrogens (tertiary/aromatic N) is 2. The first-order valence-electron chi connectivity index (χ1n) is 7.20. The highest BCUT2D eigenvalue weighted by Crippen LogP contribution is 2.34. The maximum absolute atomic E-state index is 12.0. The van der Waals surface area contributed by atoms with E-state index in [-0.39, 0.29) is 23.8 Å². The van der Waals surface area contributed by atoms with Gasteiger partial charge in [0.1, 0.15) is 0 Å². The predicted molar refractivity (Wildman–Crippen MR) is 79.7 cm³/mol. The first kappa shape index (κ1) is 15.4. The Labute approximate surface area is 129 Å². The topological polar surface area (TPSA) is 88.6 Å². The van der Waals surface area contributed by atoms with Crippen LogP contribution in [0.2, 0.25) is 0 Å². The maximum Gasteiger partial charge on any atom is 0.252 e. The highest BCUT2D eigenvalue weighted by Gasteiger charge is 2.46. The van der Waals surface area contributed by atoms with Gasteiger partial charge in [-0.25, -0.2) is 8.42 Å². The van der Waals surface area contributed by atoms with E-state index in [1.165, 1.54) is 16.8 Å². The van der Waals surface area contributed by atoms with E-state index in [4.69, 9.17) is 4.74 Å². The van der Waals surface area contributed by atoms with Gasteiger partial charge < -0.3 is 10.1 Å². The number of aromatic nitrogens is 1. The summed E-state index contributed by atoms with van der Waals surface area (Å²) in [6.45, 7) is 1.92. The molecule has 0 bridgehead atoms. The lowest BCUT2D eigenvalue weighted by atomic mass is 9.93. The van der Waals surface area contributed by atoms with Gasteiger partial charge in [0.2, 0.25) is 10.0 Å². The van der Waals surface area contributed by atoms with E-state index in [1.54, 1.807) is 18.3 Å². The molecule has 7 nitrogen and oxygen atoms in total. The molecule has 0 aliphatic carbocycles. The van der Waals surface area contributed by atoms with Gasteiger partial charge >= 0.3 is 0 Å². The number of pyridine rings is 1. The van der Waals surface area contributed by atoms with E-state index < -0.39 is 10.0 Å². The predicted octanol–water partition coefficient (Wildman–Crippen LogP) is -0.282. The van der Waals surface area contributed by atoms with Crippen molar-refractivity contribution in [2.45, 2.75) is 6.10 Å². The Hall–Kier alpha value is -1.51. The highest BCUT2D eigenvalue weighted by molar-refractivity contribution is 7.88. The molecular weight excluding hydrogens is 306 g/mol. The lowest BCUT2D eigenvalue weighted by Gasteiger charge is -2.18. The first-order valence-corrected chi connectivity index (χ1v) is 9.05. The van der Waals surface area contributed by atoms with Crippen molar-refractivity contribution in [3.05, 3.63) is 30.1 Å². The number of fused-ring (bicyclic) bond motifs is 1. The fourth-order valence-electron chi connectivity index (χ4n) is 3.07. The van der Waals surface area contributed by atoms with Crippen molar-refractivity contribution in [3.8, 4) is 0 Å². The second kappa shape index (κ2) is 5.94. The Kier molecular flexibility index (Phi) is 4.16.